The average Bonchev–Trinajstić information content (AvgIpc) is 4.26. The molecule has 71 heavy (non-hydrogen) atoms. The number of pyridine rings is 1. The van der Waals surface area contributed by atoms with E-state index in [-0.39, 0.29) is 61.3 Å². The molecule has 2 saturated heterocycles. The van der Waals surface area contributed by atoms with Gasteiger partial charge in [0.25, 0.3) is 5.91 Å². The maximum Gasteiger partial charge on any atom is 0.324 e. The van der Waals surface area contributed by atoms with E-state index in [1.54, 1.807) is 33.3 Å². The molecule has 9 rings (SSSR count). The number of phenolic OH excluding ortho intramolecular Hbond substituents is 1. The number of fused-ring (bicyclic) bond motifs is 6. The highest BCUT2D eigenvalue weighted by Gasteiger charge is 2.63. The van der Waals surface area contributed by atoms with Crippen molar-refractivity contribution in [2.24, 2.45) is 11.3 Å². The van der Waals surface area contributed by atoms with Gasteiger partial charge in [-0.2, -0.15) is 0 Å². The zero-order valence-corrected chi connectivity index (χ0v) is 42.7. The molecule has 16 nitrogen and oxygen atoms in total. The van der Waals surface area contributed by atoms with Gasteiger partial charge in [-0.1, -0.05) is 52.7 Å². The topological polar surface area (TPSA) is 198 Å². The average molecular weight is 973 g/mol. The molecule has 0 radical (unpaired) electrons. The van der Waals surface area contributed by atoms with E-state index >= 15 is 0 Å². The Balaban J connectivity index is 1.06. The molecule has 16 heteroatoms. The van der Waals surface area contributed by atoms with E-state index < -0.39 is 53.3 Å². The minimum absolute atomic E-state index is 0.00109. The number of aromatic hydroxyl groups is 1. The number of hydrazine groups is 1. The van der Waals surface area contributed by atoms with Crippen molar-refractivity contribution in [3.63, 3.8) is 0 Å². The van der Waals surface area contributed by atoms with E-state index in [1.165, 1.54) is 14.8 Å². The summed E-state index contributed by atoms with van der Waals surface area (Å²) < 4.78 is 14.2. The number of phenols is 1. The number of benzene rings is 2. The van der Waals surface area contributed by atoms with Crippen molar-refractivity contribution in [3.05, 3.63) is 71.5 Å². The van der Waals surface area contributed by atoms with Gasteiger partial charge in [0.15, 0.2) is 0 Å². The Bertz CT molecular complexity index is 2700. The second-order valence-corrected chi connectivity index (χ2v) is 21.9. The first-order chi connectivity index (χ1) is 33.9. The number of aromatic nitrogens is 2. The Kier molecular flexibility index (Phi) is 14.1. The lowest BCUT2D eigenvalue weighted by Gasteiger charge is -2.37. The molecule has 5 aliphatic rings. The number of ether oxygens (including phenoxy) is 2. The number of amides is 4. The molecule has 380 valence electrons. The molecule has 3 aliphatic heterocycles. The molecule has 2 aromatic carbocycles. The number of methoxy groups -OCH3 is 1. The van der Waals surface area contributed by atoms with Crippen LogP contribution < -0.4 is 16.1 Å². The third-order valence-corrected chi connectivity index (χ3v) is 15.7. The van der Waals surface area contributed by atoms with Crippen LogP contribution in [0.1, 0.15) is 109 Å². The predicted molar refractivity (Wildman–Crippen MR) is 270 cm³/mol. The molecule has 0 unspecified atom stereocenters. The number of likely N-dealkylation sites (N-methyl/N-ethyl adjacent to an activating group) is 2. The van der Waals surface area contributed by atoms with E-state index in [4.69, 9.17) is 14.5 Å². The minimum Gasteiger partial charge on any atom is -0.508 e. The molecule has 5 heterocycles. The van der Waals surface area contributed by atoms with Crippen LogP contribution in [0, 0.1) is 11.3 Å². The van der Waals surface area contributed by atoms with Gasteiger partial charge < -0.3 is 34.3 Å². The number of carbonyl (C=O) groups is 5. The molecule has 4 N–H and O–H groups in total. The quantitative estimate of drug-likeness (QED) is 0.0980. The van der Waals surface area contributed by atoms with Crippen molar-refractivity contribution in [2.75, 3.05) is 40.9 Å². The summed E-state index contributed by atoms with van der Waals surface area (Å²) in [4.78, 5) is 79.2. The first-order valence-corrected chi connectivity index (χ1v) is 25.7. The van der Waals surface area contributed by atoms with Crippen molar-refractivity contribution < 1.29 is 38.6 Å². The molecule has 4 fully saturated rings. The number of hydrogen-bond donors (Lipinski definition) is 4. The van der Waals surface area contributed by atoms with Crippen LogP contribution in [0.15, 0.2) is 54.7 Å². The summed E-state index contributed by atoms with van der Waals surface area (Å²) in [6.45, 7) is 11.5. The second kappa shape index (κ2) is 20.0. The van der Waals surface area contributed by atoms with Crippen LogP contribution in [-0.4, -0.2) is 136 Å². The lowest BCUT2D eigenvalue weighted by Crippen LogP contribution is -2.62. The van der Waals surface area contributed by atoms with Crippen molar-refractivity contribution in [1.82, 2.24) is 40.4 Å². The Morgan fingerprint density at radius 1 is 1.01 bits per heavy atom. The van der Waals surface area contributed by atoms with Crippen molar-refractivity contribution in [3.8, 4) is 28.1 Å². The zero-order chi connectivity index (χ0) is 50.5. The molecular weight excluding hydrogens is 901 g/mol. The molecule has 5 atom stereocenters. The molecule has 4 aromatic rings. The summed E-state index contributed by atoms with van der Waals surface area (Å²) in [5.41, 5.74) is 9.78. The fourth-order valence-corrected chi connectivity index (χ4v) is 11.7. The molecule has 2 aromatic heterocycles. The van der Waals surface area contributed by atoms with Gasteiger partial charge in [0.1, 0.15) is 29.9 Å². The lowest BCUT2D eigenvalue weighted by atomic mass is 9.83. The number of aryl methyl sites for hydroxylation is 1. The first kappa shape index (κ1) is 50.1. The standard InChI is InChI=1S/C55H72N8O8/c1-9-62-43-19-18-35-28-39(43)40(48(62)38-16-12-22-56-45(38)32(2)3)29-54(4,5)31-71-53(69)41-17-13-23-63(59-41)51(67)42(26-33-24-36(35)27-37(64)25-33)57-50(66)47(34-14-10-11-15-34)61(7)44(65)30-60(6)52(68)46-49(58-46)55(70-8)20-21-55/h12,16,18-19,22,24-25,27-28,32,34,41-42,46-47,49,58-59,64H,9-11,13-15,17,20-21,23,26,29-31H2,1-8H3,(H,57,66)/t41-,42-,46-,47-,49+/m0/s1. The fraction of sp³-hybridized carbons (Fsp3) is 0.564. The zero-order valence-electron chi connectivity index (χ0n) is 42.7. The number of carbonyl (C=O) groups excluding carboxylic acids is 5. The van der Waals surface area contributed by atoms with Crippen LogP contribution in [0.5, 0.6) is 5.75 Å². The summed E-state index contributed by atoms with van der Waals surface area (Å²) >= 11 is 0. The van der Waals surface area contributed by atoms with E-state index in [2.05, 4.69) is 73.4 Å². The molecule has 2 aliphatic carbocycles. The van der Waals surface area contributed by atoms with E-state index in [9.17, 15) is 29.1 Å². The SMILES string of the molecule is CCn1c(-c2cccnc2C(C)C)c2c3cc(ccc31)-c1cc(O)cc(c1)C[C@H](NC(=O)[C@H](C1CCCC1)N(C)C(=O)CN(C)C(=O)[C@H]1N[C@H]1C1(OC)CC1)C(=O)N1CCC[C@H](N1)C(=O)OCC(C)(C)C2. The van der Waals surface area contributed by atoms with Crippen LogP contribution in [0.2, 0.25) is 0 Å². The highest BCUT2D eigenvalue weighted by atomic mass is 16.5. The molecule has 6 bridgehead atoms. The lowest BCUT2D eigenvalue weighted by molar-refractivity contribution is -0.155. The second-order valence-electron chi connectivity index (χ2n) is 21.9. The largest absolute Gasteiger partial charge is 0.508 e. The van der Waals surface area contributed by atoms with E-state index in [1.807, 2.05) is 24.4 Å². The monoisotopic (exact) mass is 973 g/mol. The summed E-state index contributed by atoms with van der Waals surface area (Å²) in [6.07, 6.45) is 8.36. The Morgan fingerprint density at radius 3 is 2.48 bits per heavy atom. The van der Waals surface area contributed by atoms with Gasteiger partial charge in [-0.25, -0.2) is 5.43 Å². The third-order valence-electron chi connectivity index (χ3n) is 15.7. The van der Waals surface area contributed by atoms with Gasteiger partial charge in [0.2, 0.25) is 17.7 Å². The van der Waals surface area contributed by atoms with Crippen molar-refractivity contribution >= 4 is 40.5 Å². The maximum atomic E-state index is 14.9. The number of hydrogen-bond acceptors (Lipinski definition) is 11. The van der Waals surface area contributed by atoms with Gasteiger partial charge in [0, 0.05) is 68.8 Å². The van der Waals surface area contributed by atoms with Gasteiger partial charge in [-0.3, -0.25) is 39.3 Å². The smallest absolute Gasteiger partial charge is 0.324 e. The molecule has 4 amide bonds. The summed E-state index contributed by atoms with van der Waals surface area (Å²) in [5.74, 6) is -2.02. The molecule has 2 saturated carbocycles. The van der Waals surface area contributed by atoms with Gasteiger partial charge in [0.05, 0.1) is 36.2 Å². The highest BCUT2D eigenvalue weighted by molar-refractivity contribution is 5.97. The summed E-state index contributed by atoms with van der Waals surface area (Å²) in [7, 11) is 4.86. The van der Waals surface area contributed by atoms with Crippen LogP contribution in [0.3, 0.4) is 0 Å². The number of nitrogens with one attached hydrogen (secondary N) is 3. The summed E-state index contributed by atoms with van der Waals surface area (Å²) in [6, 6.07) is 12.3. The number of rotatable bonds is 12. The Hall–Kier alpha value is -5.84. The first-order valence-electron chi connectivity index (χ1n) is 25.7. The predicted octanol–water partition coefficient (Wildman–Crippen LogP) is 5.86. The fourth-order valence-electron chi connectivity index (χ4n) is 11.7. The van der Waals surface area contributed by atoms with Crippen LogP contribution in [-0.2, 0) is 52.8 Å². The van der Waals surface area contributed by atoms with E-state index in [0.717, 1.165) is 83.1 Å². The summed E-state index contributed by atoms with van der Waals surface area (Å²) in [5, 5.41) is 20.2. The van der Waals surface area contributed by atoms with Crippen molar-refractivity contribution in [2.45, 2.75) is 147 Å². The molecule has 0 spiro atoms. The Labute approximate surface area is 417 Å². The van der Waals surface area contributed by atoms with Gasteiger partial charge in [-0.05, 0) is 122 Å². The maximum absolute atomic E-state index is 14.9. The minimum atomic E-state index is -1.16. The number of esters is 1. The highest BCUT2D eigenvalue weighted by Crippen LogP contribution is 2.48. The third kappa shape index (κ3) is 10.2. The van der Waals surface area contributed by atoms with E-state index in [0.29, 0.717) is 31.4 Å². The number of nitrogens with zero attached hydrogens (tertiary/aromatic N) is 5. The molecular formula is C55H72N8O8. The normalized spacial score (nSPS) is 23.5. The number of cyclic esters (lactones) is 1. The van der Waals surface area contributed by atoms with Gasteiger partial charge in [-0.15, -0.1) is 0 Å². The van der Waals surface area contributed by atoms with Crippen molar-refractivity contribution in [1.29, 1.82) is 0 Å². The van der Waals surface area contributed by atoms with Gasteiger partial charge >= 0.3 is 5.97 Å². The van der Waals surface area contributed by atoms with Crippen LogP contribution in [0.25, 0.3) is 33.3 Å². The Morgan fingerprint density at radius 2 is 1.77 bits per heavy atom. The van der Waals surface area contributed by atoms with Crippen LogP contribution in [0.4, 0.5) is 0 Å². The van der Waals surface area contributed by atoms with Crippen LogP contribution >= 0.6 is 0 Å².